The highest BCUT2D eigenvalue weighted by Crippen LogP contribution is 2.47. The van der Waals surface area contributed by atoms with Gasteiger partial charge in [0.25, 0.3) is 0 Å². The fraction of sp³-hybridized carbons (Fsp3) is 0.262. The zero-order valence-electron chi connectivity index (χ0n) is 45.4. The number of hydrogen-bond donors (Lipinski definition) is 1. The third kappa shape index (κ3) is 9.30. The molecule has 0 aliphatic carbocycles. The quantitative estimate of drug-likeness (QED) is 0.173. The molecular weight excluding hydrogens is 839 g/mol. The molecule has 9 rings (SSSR count). The van der Waals surface area contributed by atoms with E-state index < -0.39 is 12.3 Å². The number of aromatic hydroxyl groups is 1. The number of pyridine rings is 1. The first-order valence-electron chi connectivity index (χ1n) is 25.7. The van der Waals surface area contributed by atoms with Gasteiger partial charge in [-0.25, -0.2) is 4.98 Å². The SMILES string of the molecule is [2H]C([2H])([2H])c1cc(-c2ccccc2)c(-n2c(-c3cc(C(C)(C)C)cc(C(C)(C)C)c3O)nc3c(-c4cc(-c5cc(-c6ccc(C(C)(C)C)cc6)ccn5)cc(C(C)(C)C)c4)cccc32)cc1-c1ccccc1. The van der Waals surface area contributed by atoms with E-state index in [1.165, 1.54) is 5.56 Å². The van der Waals surface area contributed by atoms with Gasteiger partial charge in [-0.2, -0.15) is 0 Å². The number of fused-ring (bicyclic) bond motifs is 1. The van der Waals surface area contributed by atoms with Crippen LogP contribution in [0, 0.1) is 6.85 Å². The molecule has 0 saturated heterocycles. The number of nitrogens with zero attached hydrogens (tertiary/aromatic N) is 3. The number of imidazole rings is 1. The molecule has 4 heteroatoms. The normalized spacial score (nSPS) is 13.3. The van der Waals surface area contributed by atoms with Crippen LogP contribution in [-0.2, 0) is 21.7 Å². The second-order valence-corrected chi connectivity index (χ2v) is 22.8. The molecule has 1 N–H and O–H groups in total. The van der Waals surface area contributed by atoms with Crippen molar-refractivity contribution in [3.63, 3.8) is 0 Å². The van der Waals surface area contributed by atoms with E-state index in [1.807, 2.05) is 79.0 Å². The molecule has 4 nitrogen and oxygen atoms in total. The molecule has 7 aromatic carbocycles. The number of aryl methyl sites for hydroxylation is 1. The maximum atomic E-state index is 12.7. The Kier molecular flexibility index (Phi) is 11.0. The monoisotopic (exact) mass is 909 g/mol. The molecule has 0 unspecified atom stereocenters. The molecular formula is C65H67N3O. The summed E-state index contributed by atoms with van der Waals surface area (Å²) >= 11 is 0. The van der Waals surface area contributed by atoms with Crippen LogP contribution in [-0.4, -0.2) is 19.6 Å². The van der Waals surface area contributed by atoms with E-state index in [-0.39, 0.29) is 27.6 Å². The number of aromatic nitrogens is 3. The van der Waals surface area contributed by atoms with E-state index in [1.54, 1.807) is 0 Å². The van der Waals surface area contributed by atoms with Crippen LogP contribution in [0.15, 0.2) is 164 Å². The van der Waals surface area contributed by atoms with E-state index in [0.29, 0.717) is 17.0 Å². The zero-order chi connectivity index (χ0) is 51.7. The highest BCUT2D eigenvalue weighted by molar-refractivity contribution is 5.98. The Balaban J connectivity index is 1.38. The van der Waals surface area contributed by atoms with Gasteiger partial charge in [-0.3, -0.25) is 9.55 Å². The summed E-state index contributed by atoms with van der Waals surface area (Å²) in [6.45, 7) is 23.9. The Labute approximate surface area is 415 Å². The van der Waals surface area contributed by atoms with Crippen LogP contribution in [0.25, 0.3) is 83.9 Å². The van der Waals surface area contributed by atoms with Crippen molar-refractivity contribution in [3.8, 4) is 78.6 Å². The van der Waals surface area contributed by atoms with Crippen LogP contribution >= 0.6 is 0 Å². The van der Waals surface area contributed by atoms with Crippen molar-refractivity contribution < 1.29 is 9.22 Å². The Morgan fingerprint density at radius 2 is 1.06 bits per heavy atom. The third-order valence-corrected chi connectivity index (χ3v) is 13.5. The van der Waals surface area contributed by atoms with E-state index in [2.05, 4.69) is 173 Å². The number of phenols is 1. The van der Waals surface area contributed by atoms with Crippen LogP contribution < -0.4 is 0 Å². The Morgan fingerprint density at radius 3 is 1.67 bits per heavy atom. The summed E-state index contributed by atoms with van der Waals surface area (Å²) in [6.07, 6.45) is 1.90. The van der Waals surface area contributed by atoms with Crippen molar-refractivity contribution in [2.45, 2.75) is 112 Å². The number of benzene rings is 7. The molecule has 0 fully saturated rings. The lowest BCUT2D eigenvalue weighted by Gasteiger charge is -2.28. The lowest BCUT2D eigenvalue weighted by atomic mass is 9.79. The van der Waals surface area contributed by atoms with Gasteiger partial charge in [-0.15, -0.1) is 0 Å². The van der Waals surface area contributed by atoms with Gasteiger partial charge in [0.15, 0.2) is 0 Å². The number of rotatable bonds is 7. The average molecular weight is 909 g/mol. The van der Waals surface area contributed by atoms with Crippen molar-refractivity contribution in [1.29, 1.82) is 0 Å². The molecule has 0 aliphatic rings. The van der Waals surface area contributed by atoms with E-state index in [0.717, 1.165) is 83.6 Å². The van der Waals surface area contributed by atoms with Crippen LogP contribution in [0.3, 0.4) is 0 Å². The van der Waals surface area contributed by atoms with Gasteiger partial charge in [0, 0.05) is 32.6 Å². The summed E-state index contributed by atoms with van der Waals surface area (Å²) in [5.74, 6) is 0.705. The summed E-state index contributed by atoms with van der Waals surface area (Å²) in [5.41, 5.74) is 15.5. The summed E-state index contributed by atoms with van der Waals surface area (Å²) in [5, 5.41) is 12.7. The van der Waals surface area contributed by atoms with Crippen molar-refractivity contribution in [2.24, 2.45) is 0 Å². The Morgan fingerprint density at radius 1 is 0.449 bits per heavy atom. The molecule has 0 radical (unpaired) electrons. The molecule has 0 saturated carbocycles. The fourth-order valence-corrected chi connectivity index (χ4v) is 9.34. The third-order valence-electron chi connectivity index (χ3n) is 13.5. The predicted octanol–water partition coefficient (Wildman–Crippen LogP) is 17.6. The molecule has 9 aromatic rings. The zero-order valence-corrected chi connectivity index (χ0v) is 42.4. The smallest absolute Gasteiger partial charge is 0.149 e. The number of hydrogen-bond acceptors (Lipinski definition) is 3. The lowest BCUT2D eigenvalue weighted by Crippen LogP contribution is -2.17. The van der Waals surface area contributed by atoms with Gasteiger partial charge in [-0.05, 0) is 133 Å². The summed E-state index contributed by atoms with van der Waals surface area (Å²) in [4.78, 5) is 10.7. The molecule has 69 heavy (non-hydrogen) atoms. The molecule has 0 spiro atoms. The van der Waals surface area contributed by atoms with Crippen molar-refractivity contribution >= 4 is 11.0 Å². The summed E-state index contributed by atoms with van der Waals surface area (Å²) < 4.78 is 28.8. The predicted molar refractivity (Wildman–Crippen MR) is 293 cm³/mol. The highest BCUT2D eigenvalue weighted by atomic mass is 16.3. The molecule has 0 atom stereocenters. The maximum absolute atomic E-state index is 12.7. The van der Waals surface area contributed by atoms with Gasteiger partial charge < -0.3 is 5.11 Å². The van der Waals surface area contributed by atoms with E-state index in [4.69, 9.17) is 14.1 Å². The van der Waals surface area contributed by atoms with Gasteiger partial charge in [0.1, 0.15) is 11.6 Å². The van der Waals surface area contributed by atoms with Crippen LogP contribution in [0.4, 0.5) is 0 Å². The lowest BCUT2D eigenvalue weighted by molar-refractivity contribution is 0.446. The first kappa shape index (κ1) is 43.3. The van der Waals surface area contributed by atoms with Crippen LogP contribution in [0.2, 0.25) is 0 Å². The second kappa shape index (κ2) is 17.5. The maximum Gasteiger partial charge on any atom is 0.149 e. The van der Waals surface area contributed by atoms with Crippen LogP contribution in [0.5, 0.6) is 5.75 Å². The molecule has 2 heterocycles. The molecule has 0 bridgehead atoms. The minimum atomic E-state index is -2.43. The summed E-state index contributed by atoms with van der Waals surface area (Å²) in [7, 11) is 0. The second-order valence-electron chi connectivity index (χ2n) is 22.8. The standard InChI is InChI=1S/C65H67N3O/c1-41-33-53(44-23-18-15-19-24-44)58(40-52(41)43-21-16-14-17-22-43)68-57-26-20-25-51(59(57)67-61(68)54-38-50(64(8,9)10)39-55(60(54)69)65(11,12)13)46-34-47(36-49(35-46)63(5,6)7)56-37-45(31-32-66-56)42-27-29-48(30-28-42)62(2,3)4/h14-40,69H,1-13H3/i1D3. The van der Waals surface area contributed by atoms with Crippen LogP contribution in [0.1, 0.15) is 115 Å². The fourth-order valence-electron chi connectivity index (χ4n) is 9.34. The highest BCUT2D eigenvalue weighted by Gasteiger charge is 2.30. The molecule has 0 amide bonds. The topological polar surface area (TPSA) is 50.9 Å². The van der Waals surface area contributed by atoms with Gasteiger partial charge in [-0.1, -0.05) is 192 Å². The Bertz CT molecular complexity index is 3470. The van der Waals surface area contributed by atoms with Crippen molar-refractivity contribution in [1.82, 2.24) is 14.5 Å². The Hall–Kier alpha value is -7.04. The van der Waals surface area contributed by atoms with E-state index in [9.17, 15) is 5.11 Å². The van der Waals surface area contributed by atoms with Gasteiger partial charge in [0.05, 0.1) is 28.0 Å². The number of phenolic OH excluding ortho intramolecular Hbond substituents is 1. The first-order chi connectivity index (χ1) is 33.8. The molecule has 0 aliphatic heterocycles. The molecule has 2 aromatic heterocycles. The largest absolute Gasteiger partial charge is 0.507 e. The summed E-state index contributed by atoms with van der Waals surface area (Å²) in [6, 6.07) is 53.9. The minimum absolute atomic E-state index is 0.0526. The first-order valence-corrected chi connectivity index (χ1v) is 24.2. The van der Waals surface area contributed by atoms with Gasteiger partial charge in [0.2, 0.25) is 0 Å². The average Bonchev–Trinajstić information content (AvgIpc) is 3.72. The van der Waals surface area contributed by atoms with Crippen molar-refractivity contribution in [2.75, 3.05) is 0 Å². The van der Waals surface area contributed by atoms with E-state index >= 15 is 0 Å². The van der Waals surface area contributed by atoms with Crippen molar-refractivity contribution in [3.05, 3.63) is 192 Å². The number of para-hydroxylation sites is 1. The van der Waals surface area contributed by atoms with Gasteiger partial charge >= 0.3 is 0 Å². The molecule has 348 valence electrons. The minimum Gasteiger partial charge on any atom is -0.507 e.